The molecule has 2 heterocycles. The highest BCUT2D eigenvalue weighted by Gasteiger charge is 2.14. The van der Waals surface area contributed by atoms with Crippen molar-refractivity contribution in [2.45, 2.75) is 18.4 Å². The highest BCUT2D eigenvalue weighted by molar-refractivity contribution is 7.92. The molecular weight excluding hydrogens is 336 g/mol. The summed E-state index contributed by atoms with van der Waals surface area (Å²) in [4.78, 5) is 8.67. The second kappa shape index (κ2) is 7.31. The molecule has 0 radical (unpaired) electrons. The van der Waals surface area contributed by atoms with E-state index >= 15 is 0 Å². The number of pyridine rings is 2. The second-order valence-electron chi connectivity index (χ2n) is 5.53. The van der Waals surface area contributed by atoms with Crippen molar-refractivity contribution in [1.29, 1.82) is 0 Å². The van der Waals surface area contributed by atoms with Gasteiger partial charge in [0.15, 0.2) is 0 Å². The van der Waals surface area contributed by atoms with Gasteiger partial charge in [-0.1, -0.05) is 18.2 Å². The van der Waals surface area contributed by atoms with Crippen LogP contribution < -0.4 is 10.0 Å². The molecule has 0 unspecified atom stereocenters. The fraction of sp³-hybridized carbons (Fsp3) is 0.111. The summed E-state index contributed by atoms with van der Waals surface area (Å²) in [7, 11) is -3.62. The van der Waals surface area contributed by atoms with Gasteiger partial charge in [-0.05, 0) is 48.9 Å². The maximum atomic E-state index is 12.4. The molecule has 0 atom stereocenters. The minimum atomic E-state index is -3.62. The zero-order chi connectivity index (χ0) is 17.7. The van der Waals surface area contributed by atoms with E-state index in [0.717, 1.165) is 11.3 Å². The van der Waals surface area contributed by atoms with Crippen molar-refractivity contribution >= 4 is 21.5 Å². The van der Waals surface area contributed by atoms with E-state index in [2.05, 4.69) is 20.0 Å². The Bertz CT molecular complexity index is 942. The van der Waals surface area contributed by atoms with Crippen LogP contribution in [0.25, 0.3) is 0 Å². The van der Waals surface area contributed by atoms with Crippen LogP contribution in [0.4, 0.5) is 11.5 Å². The lowest BCUT2D eigenvalue weighted by Gasteiger charge is -2.09. The first-order valence-corrected chi connectivity index (χ1v) is 9.20. The molecule has 0 spiro atoms. The third-order valence-electron chi connectivity index (χ3n) is 3.49. The summed E-state index contributed by atoms with van der Waals surface area (Å²) in [5.74, 6) is 0.643. The van der Waals surface area contributed by atoms with Crippen molar-refractivity contribution in [1.82, 2.24) is 9.97 Å². The van der Waals surface area contributed by atoms with Crippen molar-refractivity contribution in [2.75, 3.05) is 10.0 Å². The Labute approximate surface area is 147 Å². The molecule has 2 aromatic heterocycles. The lowest BCUT2D eigenvalue weighted by atomic mass is 10.2. The molecule has 7 heteroatoms. The first-order chi connectivity index (χ1) is 12.0. The van der Waals surface area contributed by atoms with E-state index in [1.54, 1.807) is 36.5 Å². The number of rotatable bonds is 6. The van der Waals surface area contributed by atoms with E-state index in [9.17, 15) is 8.42 Å². The average Bonchev–Trinajstić information content (AvgIpc) is 2.62. The molecule has 1 aromatic carbocycles. The van der Waals surface area contributed by atoms with Gasteiger partial charge >= 0.3 is 0 Å². The molecule has 2 N–H and O–H groups in total. The smallest absolute Gasteiger partial charge is 0.261 e. The number of anilines is 2. The van der Waals surface area contributed by atoms with Crippen molar-refractivity contribution in [2.24, 2.45) is 0 Å². The van der Waals surface area contributed by atoms with Crippen LogP contribution in [0, 0.1) is 6.92 Å². The highest BCUT2D eigenvalue weighted by Crippen LogP contribution is 2.17. The largest absolute Gasteiger partial charge is 0.364 e. The molecule has 0 saturated heterocycles. The van der Waals surface area contributed by atoms with Crippen molar-refractivity contribution in [3.63, 3.8) is 0 Å². The van der Waals surface area contributed by atoms with Crippen LogP contribution in [0.5, 0.6) is 0 Å². The van der Waals surface area contributed by atoms with Gasteiger partial charge in [-0.3, -0.25) is 9.71 Å². The maximum Gasteiger partial charge on any atom is 0.261 e. The zero-order valence-electron chi connectivity index (χ0n) is 13.7. The third-order valence-corrected chi connectivity index (χ3v) is 4.87. The van der Waals surface area contributed by atoms with Gasteiger partial charge in [0.1, 0.15) is 5.82 Å². The van der Waals surface area contributed by atoms with E-state index in [0.29, 0.717) is 18.1 Å². The van der Waals surface area contributed by atoms with Crippen LogP contribution in [0.2, 0.25) is 0 Å². The molecule has 0 aliphatic rings. The standard InChI is InChI=1S/C18H18N4O2S/c1-14-5-4-7-17(11-14)25(23,24)22-16-8-9-18(21-13-16)20-12-15-6-2-3-10-19-15/h2-11,13,22H,12H2,1H3,(H,20,21). The molecule has 0 fully saturated rings. The van der Waals surface area contributed by atoms with Crippen LogP contribution in [-0.2, 0) is 16.6 Å². The molecule has 3 aromatic rings. The highest BCUT2D eigenvalue weighted by atomic mass is 32.2. The number of nitrogens with zero attached hydrogens (tertiary/aromatic N) is 2. The molecule has 0 saturated carbocycles. The number of nitrogens with one attached hydrogen (secondary N) is 2. The van der Waals surface area contributed by atoms with E-state index < -0.39 is 10.0 Å². The van der Waals surface area contributed by atoms with Gasteiger partial charge in [-0.25, -0.2) is 13.4 Å². The second-order valence-corrected chi connectivity index (χ2v) is 7.21. The van der Waals surface area contributed by atoms with Gasteiger partial charge in [0.05, 0.1) is 29.0 Å². The number of aromatic nitrogens is 2. The van der Waals surface area contributed by atoms with Gasteiger partial charge in [0.2, 0.25) is 0 Å². The number of aryl methyl sites for hydroxylation is 1. The quantitative estimate of drug-likeness (QED) is 0.710. The van der Waals surface area contributed by atoms with E-state index in [4.69, 9.17) is 0 Å². The Kier molecular flexibility index (Phi) is 4.95. The minimum Gasteiger partial charge on any atom is -0.364 e. The monoisotopic (exact) mass is 354 g/mol. The molecular formula is C18H18N4O2S. The van der Waals surface area contributed by atoms with Gasteiger partial charge < -0.3 is 5.32 Å². The number of sulfonamides is 1. The van der Waals surface area contributed by atoms with Crippen LogP contribution >= 0.6 is 0 Å². The molecule has 3 rings (SSSR count). The van der Waals surface area contributed by atoms with Crippen LogP contribution in [-0.4, -0.2) is 18.4 Å². The van der Waals surface area contributed by atoms with E-state index in [1.165, 1.54) is 6.20 Å². The molecule has 0 aliphatic heterocycles. The predicted molar refractivity (Wildman–Crippen MR) is 97.8 cm³/mol. The Balaban J connectivity index is 1.66. The van der Waals surface area contributed by atoms with Gasteiger partial charge in [0.25, 0.3) is 10.0 Å². The molecule has 128 valence electrons. The topological polar surface area (TPSA) is 84.0 Å². The summed E-state index contributed by atoms with van der Waals surface area (Å²) in [5.41, 5.74) is 2.19. The van der Waals surface area contributed by atoms with Crippen molar-refractivity contribution in [3.8, 4) is 0 Å². The lowest BCUT2D eigenvalue weighted by Crippen LogP contribution is -2.13. The summed E-state index contributed by atoms with van der Waals surface area (Å²) < 4.78 is 27.3. The minimum absolute atomic E-state index is 0.227. The van der Waals surface area contributed by atoms with Crippen LogP contribution in [0.3, 0.4) is 0 Å². The predicted octanol–water partition coefficient (Wildman–Crippen LogP) is 3.20. The van der Waals surface area contributed by atoms with Crippen LogP contribution in [0.15, 0.2) is 71.9 Å². The number of benzene rings is 1. The first kappa shape index (κ1) is 16.9. The fourth-order valence-corrected chi connectivity index (χ4v) is 3.39. The molecule has 0 aliphatic carbocycles. The molecule has 0 bridgehead atoms. The Morgan fingerprint density at radius 2 is 1.88 bits per heavy atom. The van der Waals surface area contributed by atoms with Crippen molar-refractivity contribution in [3.05, 3.63) is 78.2 Å². The van der Waals surface area contributed by atoms with E-state index in [-0.39, 0.29) is 4.90 Å². The number of hydrogen-bond donors (Lipinski definition) is 2. The lowest BCUT2D eigenvalue weighted by molar-refractivity contribution is 0.601. The summed E-state index contributed by atoms with van der Waals surface area (Å²) in [6.07, 6.45) is 3.21. The van der Waals surface area contributed by atoms with Gasteiger partial charge in [-0.15, -0.1) is 0 Å². The summed E-state index contributed by atoms with van der Waals surface area (Å²) in [5, 5.41) is 3.14. The normalized spacial score (nSPS) is 11.1. The maximum absolute atomic E-state index is 12.4. The summed E-state index contributed by atoms with van der Waals surface area (Å²) >= 11 is 0. The van der Waals surface area contributed by atoms with Gasteiger partial charge in [-0.2, -0.15) is 0 Å². The Morgan fingerprint density at radius 1 is 1.00 bits per heavy atom. The van der Waals surface area contributed by atoms with Gasteiger partial charge in [0, 0.05) is 6.20 Å². The molecule has 6 nitrogen and oxygen atoms in total. The fourth-order valence-electron chi connectivity index (χ4n) is 2.24. The number of hydrogen-bond acceptors (Lipinski definition) is 5. The average molecular weight is 354 g/mol. The molecule has 25 heavy (non-hydrogen) atoms. The Morgan fingerprint density at radius 3 is 2.56 bits per heavy atom. The Hall–Kier alpha value is -2.93. The van der Waals surface area contributed by atoms with Crippen molar-refractivity contribution < 1.29 is 8.42 Å². The first-order valence-electron chi connectivity index (χ1n) is 7.72. The molecule has 0 amide bonds. The van der Waals surface area contributed by atoms with E-state index in [1.807, 2.05) is 31.2 Å². The zero-order valence-corrected chi connectivity index (χ0v) is 14.5. The van der Waals surface area contributed by atoms with Crippen LogP contribution in [0.1, 0.15) is 11.3 Å². The SMILES string of the molecule is Cc1cccc(S(=O)(=O)Nc2ccc(NCc3ccccn3)nc2)c1. The summed E-state index contributed by atoms with van der Waals surface area (Å²) in [6, 6.07) is 15.8. The summed E-state index contributed by atoms with van der Waals surface area (Å²) in [6.45, 7) is 2.39. The third kappa shape index (κ3) is 4.54.